The number of carbonyl (C=O) groups is 2. The fourth-order valence-electron chi connectivity index (χ4n) is 3.00. The van der Waals surface area contributed by atoms with Crippen molar-refractivity contribution in [3.8, 4) is 0 Å². The summed E-state index contributed by atoms with van der Waals surface area (Å²) in [5.41, 5.74) is 3.11. The first-order valence-electron chi connectivity index (χ1n) is 7.86. The van der Waals surface area contributed by atoms with Gasteiger partial charge in [-0.25, -0.2) is 0 Å². The summed E-state index contributed by atoms with van der Waals surface area (Å²) in [5.74, 6) is -0.431. The van der Waals surface area contributed by atoms with Crippen LogP contribution in [0, 0.1) is 0 Å². The van der Waals surface area contributed by atoms with Crippen LogP contribution in [-0.4, -0.2) is 21.3 Å². The van der Waals surface area contributed by atoms with Gasteiger partial charge in [-0.3, -0.25) is 14.5 Å². The first kappa shape index (κ1) is 14.5. The highest BCUT2D eigenvalue weighted by molar-refractivity contribution is 6.21. The van der Waals surface area contributed by atoms with E-state index in [1.165, 1.54) is 10.5 Å². The number of hydrogen-bond donors (Lipinski definition) is 0. The molecule has 3 aromatic rings. The van der Waals surface area contributed by atoms with Gasteiger partial charge in [-0.2, -0.15) is 0 Å². The van der Waals surface area contributed by atoms with E-state index in [9.17, 15) is 9.59 Å². The summed E-state index contributed by atoms with van der Waals surface area (Å²) in [7, 11) is 0. The van der Waals surface area contributed by atoms with Crippen LogP contribution in [0.4, 0.5) is 0 Å². The first-order chi connectivity index (χ1) is 11.7. The molecule has 0 spiro atoms. The molecule has 1 aliphatic rings. The molecule has 24 heavy (non-hydrogen) atoms. The Morgan fingerprint density at radius 1 is 0.625 bits per heavy atom. The minimum absolute atomic E-state index is 0.216. The van der Waals surface area contributed by atoms with Gasteiger partial charge in [0.15, 0.2) is 0 Å². The highest BCUT2D eigenvalue weighted by atomic mass is 16.2. The van der Waals surface area contributed by atoms with Crippen molar-refractivity contribution in [3.05, 3.63) is 95.3 Å². The maximum absolute atomic E-state index is 12.4. The van der Waals surface area contributed by atoms with Gasteiger partial charge in [-0.15, -0.1) is 0 Å². The molecule has 2 amide bonds. The number of imide groups is 1. The normalized spacial score (nSPS) is 13.4. The number of nitrogens with zero attached hydrogens (tertiary/aromatic N) is 2. The average molecular weight is 316 g/mol. The summed E-state index contributed by atoms with van der Waals surface area (Å²) in [6.07, 6.45) is 4.04. The Kier molecular flexibility index (Phi) is 3.50. The predicted octanol–water partition coefficient (Wildman–Crippen LogP) is 3.33. The number of hydrogen-bond acceptors (Lipinski definition) is 2. The molecule has 0 fully saturated rings. The van der Waals surface area contributed by atoms with Gasteiger partial charge in [0.2, 0.25) is 0 Å². The van der Waals surface area contributed by atoms with E-state index >= 15 is 0 Å². The van der Waals surface area contributed by atoms with Crippen molar-refractivity contribution >= 4 is 11.8 Å². The van der Waals surface area contributed by atoms with Crippen LogP contribution in [0.2, 0.25) is 0 Å². The van der Waals surface area contributed by atoms with Gasteiger partial charge in [-0.1, -0.05) is 36.4 Å². The molecule has 2 aromatic carbocycles. The van der Waals surface area contributed by atoms with E-state index in [0.717, 1.165) is 12.1 Å². The van der Waals surface area contributed by atoms with Crippen molar-refractivity contribution in [3.63, 3.8) is 0 Å². The van der Waals surface area contributed by atoms with Crippen molar-refractivity contribution < 1.29 is 9.59 Å². The zero-order valence-electron chi connectivity index (χ0n) is 13.1. The van der Waals surface area contributed by atoms with Crippen LogP contribution in [0.15, 0.2) is 73.1 Å². The van der Waals surface area contributed by atoms with Gasteiger partial charge < -0.3 is 4.57 Å². The number of amides is 2. The lowest BCUT2D eigenvalue weighted by Gasteiger charge is -2.14. The fraction of sp³-hybridized carbons (Fsp3) is 0.100. The number of aromatic nitrogens is 1. The Balaban J connectivity index is 1.50. The minimum atomic E-state index is -0.216. The van der Waals surface area contributed by atoms with Crippen molar-refractivity contribution in [1.82, 2.24) is 9.47 Å². The second-order valence-corrected chi connectivity index (χ2v) is 5.91. The van der Waals surface area contributed by atoms with E-state index in [1.54, 1.807) is 24.3 Å². The zero-order chi connectivity index (χ0) is 16.5. The molecule has 1 aliphatic heterocycles. The van der Waals surface area contributed by atoms with E-state index in [0.29, 0.717) is 17.7 Å². The molecule has 0 unspecified atom stereocenters. The molecular formula is C20H16N2O2. The Labute approximate surface area is 140 Å². The van der Waals surface area contributed by atoms with Crippen LogP contribution in [-0.2, 0) is 13.1 Å². The lowest BCUT2D eigenvalue weighted by molar-refractivity contribution is 0.0642. The lowest BCUT2D eigenvalue weighted by atomic mass is 10.1. The van der Waals surface area contributed by atoms with Gasteiger partial charge in [0.05, 0.1) is 17.7 Å². The summed E-state index contributed by atoms with van der Waals surface area (Å²) in [5, 5.41) is 0. The molecule has 0 saturated heterocycles. The Morgan fingerprint density at radius 3 is 1.67 bits per heavy atom. The van der Waals surface area contributed by atoms with Crippen LogP contribution in [0.1, 0.15) is 31.8 Å². The van der Waals surface area contributed by atoms with Gasteiger partial charge >= 0.3 is 0 Å². The summed E-state index contributed by atoms with van der Waals surface area (Å²) in [4.78, 5) is 26.1. The minimum Gasteiger partial charge on any atom is -0.350 e. The van der Waals surface area contributed by atoms with Gasteiger partial charge in [0, 0.05) is 18.9 Å². The molecule has 2 heterocycles. The van der Waals surface area contributed by atoms with Crippen molar-refractivity contribution in [2.75, 3.05) is 0 Å². The molecule has 1 aromatic heterocycles. The van der Waals surface area contributed by atoms with E-state index in [4.69, 9.17) is 0 Å². The molecule has 4 nitrogen and oxygen atoms in total. The SMILES string of the molecule is O=C1c2ccccc2C(=O)N1Cc1ccc(Cn2cccc2)cc1. The second kappa shape index (κ2) is 5.81. The van der Waals surface area contributed by atoms with Gasteiger partial charge in [0.1, 0.15) is 0 Å². The maximum atomic E-state index is 12.4. The van der Waals surface area contributed by atoms with Gasteiger partial charge in [-0.05, 0) is 35.4 Å². The quantitative estimate of drug-likeness (QED) is 0.693. The summed E-state index contributed by atoms with van der Waals surface area (Å²) in [6.45, 7) is 1.11. The van der Waals surface area contributed by atoms with Crippen molar-refractivity contribution in [2.24, 2.45) is 0 Å². The van der Waals surface area contributed by atoms with Crippen molar-refractivity contribution in [1.29, 1.82) is 0 Å². The summed E-state index contributed by atoms with van der Waals surface area (Å²) in [6, 6.07) is 19.0. The van der Waals surface area contributed by atoms with Gasteiger partial charge in [0.25, 0.3) is 11.8 Å². The third kappa shape index (κ3) is 2.52. The van der Waals surface area contributed by atoms with Crippen LogP contribution in [0.3, 0.4) is 0 Å². The second-order valence-electron chi connectivity index (χ2n) is 5.91. The smallest absolute Gasteiger partial charge is 0.261 e. The largest absolute Gasteiger partial charge is 0.350 e. The van der Waals surface area contributed by atoms with Crippen LogP contribution in [0.5, 0.6) is 0 Å². The molecular weight excluding hydrogens is 300 g/mol. The average Bonchev–Trinajstić information content (AvgIpc) is 3.20. The molecule has 0 atom stereocenters. The number of rotatable bonds is 4. The number of fused-ring (bicyclic) bond motifs is 1. The zero-order valence-corrected chi connectivity index (χ0v) is 13.1. The summed E-state index contributed by atoms with van der Waals surface area (Å²) < 4.78 is 2.10. The van der Waals surface area contributed by atoms with Crippen LogP contribution < -0.4 is 0 Å². The third-order valence-corrected chi connectivity index (χ3v) is 4.27. The lowest BCUT2D eigenvalue weighted by Crippen LogP contribution is -2.29. The molecule has 4 heteroatoms. The predicted molar refractivity (Wildman–Crippen MR) is 90.6 cm³/mol. The van der Waals surface area contributed by atoms with E-state index in [2.05, 4.69) is 4.57 Å². The molecule has 118 valence electrons. The third-order valence-electron chi connectivity index (χ3n) is 4.27. The molecule has 0 bridgehead atoms. The summed E-state index contributed by atoms with van der Waals surface area (Å²) >= 11 is 0. The molecule has 0 saturated carbocycles. The Hall–Kier alpha value is -3.14. The number of carbonyl (C=O) groups excluding carboxylic acids is 2. The van der Waals surface area contributed by atoms with E-state index in [-0.39, 0.29) is 11.8 Å². The Morgan fingerprint density at radius 2 is 1.12 bits per heavy atom. The first-order valence-corrected chi connectivity index (χ1v) is 7.86. The number of benzene rings is 2. The highest BCUT2D eigenvalue weighted by Gasteiger charge is 2.34. The van der Waals surface area contributed by atoms with E-state index < -0.39 is 0 Å². The highest BCUT2D eigenvalue weighted by Crippen LogP contribution is 2.24. The Bertz CT molecular complexity index is 861. The maximum Gasteiger partial charge on any atom is 0.261 e. The molecule has 0 radical (unpaired) electrons. The van der Waals surface area contributed by atoms with Crippen molar-refractivity contribution in [2.45, 2.75) is 13.1 Å². The molecule has 0 aliphatic carbocycles. The van der Waals surface area contributed by atoms with Crippen LogP contribution in [0.25, 0.3) is 0 Å². The molecule has 4 rings (SSSR count). The topological polar surface area (TPSA) is 42.3 Å². The molecule has 0 N–H and O–H groups in total. The standard InChI is InChI=1S/C20H16N2O2/c23-19-17-5-1-2-6-18(17)20(24)22(19)14-16-9-7-15(8-10-16)13-21-11-3-4-12-21/h1-12H,13-14H2. The monoisotopic (exact) mass is 316 g/mol. The van der Waals surface area contributed by atoms with E-state index in [1.807, 2.05) is 48.8 Å². The fourth-order valence-corrected chi connectivity index (χ4v) is 3.00. The van der Waals surface area contributed by atoms with Crippen LogP contribution >= 0.6 is 0 Å².